The first-order valence-electron chi connectivity index (χ1n) is 7.65. The van der Waals surface area contributed by atoms with Crippen LogP contribution in [0.25, 0.3) is 5.65 Å². The molecule has 0 aliphatic carbocycles. The summed E-state index contributed by atoms with van der Waals surface area (Å²) in [5.74, 6) is -0.0663. The molecule has 0 aromatic carbocycles. The number of halogens is 1. The average molecular weight is 330 g/mol. The second-order valence-corrected chi connectivity index (χ2v) is 6.06. The number of imidazole rings is 1. The van der Waals surface area contributed by atoms with Crippen LogP contribution in [0.2, 0.25) is 5.15 Å². The Kier molecular flexibility index (Phi) is 3.53. The highest BCUT2D eigenvalue weighted by molar-refractivity contribution is 6.32. The van der Waals surface area contributed by atoms with E-state index >= 15 is 0 Å². The lowest BCUT2D eigenvalue weighted by Crippen LogP contribution is -2.38. The molecule has 0 N–H and O–H groups in total. The van der Waals surface area contributed by atoms with E-state index in [1.807, 2.05) is 46.2 Å². The largest absolute Gasteiger partial charge is 0.332 e. The normalized spacial score (nSPS) is 18.0. The number of aromatic nitrogens is 4. The monoisotopic (exact) mass is 329 g/mol. The molecule has 4 heterocycles. The standard InChI is InChI=1S/C16H16ClN5O/c17-15-14(22-9-2-1-6-13(22)19-15)16(23)21-10-3-5-12(21)11-20-8-4-7-18-20/h1-2,4,6-9,12H,3,5,10-11H2/t12-/m1/s1. The van der Waals surface area contributed by atoms with Crippen molar-refractivity contribution in [3.05, 3.63) is 53.7 Å². The minimum atomic E-state index is -0.0663. The maximum absolute atomic E-state index is 13.0. The molecule has 1 saturated heterocycles. The molecule has 1 atom stereocenters. The Morgan fingerprint density at radius 3 is 3.04 bits per heavy atom. The van der Waals surface area contributed by atoms with Crippen LogP contribution in [0.1, 0.15) is 23.3 Å². The molecule has 6 nitrogen and oxygen atoms in total. The molecule has 0 saturated carbocycles. The lowest BCUT2D eigenvalue weighted by molar-refractivity contribution is 0.0715. The molecule has 0 radical (unpaired) electrons. The van der Waals surface area contributed by atoms with E-state index in [1.165, 1.54) is 0 Å². The highest BCUT2D eigenvalue weighted by Gasteiger charge is 2.32. The van der Waals surface area contributed by atoms with Gasteiger partial charge in [-0.15, -0.1) is 0 Å². The van der Waals surface area contributed by atoms with Gasteiger partial charge in [-0.3, -0.25) is 13.9 Å². The predicted octanol–water partition coefficient (Wildman–Crippen LogP) is 2.49. The number of rotatable bonds is 3. The fraction of sp³-hybridized carbons (Fsp3) is 0.312. The molecule has 118 valence electrons. The SMILES string of the molecule is O=C(c1c(Cl)nc2ccccn12)N1CCC[C@@H]1Cn1cccn1. The minimum absolute atomic E-state index is 0.0663. The first kappa shape index (κ1) is 14.3. The van der Waals surface area contributed by atoms with Gasteiger partial charge in [-0.1, -0.05) is 17.7 Å². The van der Waals surface area contributed by atoms with Crippen LogP contribution >= 0.6 is 11.6 Å². The van der Waals surface area contributed by atoms with Crippen LogP contribution in [-0.4, -0.2) is 42.6 Å². The van der Waals surface area contributed by atoms with Gasteiger partial charge in [-0.2, -0.15) is 5.10 Å². The second kappa shape index (κ2) is 5.70. The Labute approximate surface area is 138 Å². The van der Waals surface area contributed by atoms with Gasteiger partial charge in [0.2, 0.25) is 0 Å². The van der Waals surface area contributed by atoms with E-state index in [2.05, 4.69) is 10.1 Å². The van der Waals surface area contributed by atoms with Gasteiger partial charge >= 0.3 is 0 Å². The van der Waals surface area contributed by atoms with Crippen LogP contribution in [0, 0.1) is 0 Å². The topological polar surface area (TPSA) is 55.4 Å². The van der Waals surface area contributed by atoms with E-state index in [0.717, 1.165) is 19.4 Å². The molecular weight excluding hydrogens is 314 g/mol. The number of carbonyl (C=O) groups is 1. The summed E-state index contributed by atoms with van der Waals surface area (Å²) < 4.78 is 3.63. The van der Waals surface area contributed by atoms with Crippen molar-refractivity contribution in [2.75, 3.05) is 6.54 Å². The first-order valence-corrected chi connectivity index (χ1v) is 8.03. The maximum atomic E-state index is 13.0. The fourth-order valence-electron chi connectivity index (χ4n) is 3.21. The summed E-state index contributed by atoms with van der Waals surface area (Å²) in [6.07, 6.45) is 7.46. The van der Waals surface area contributed by atoms with Gasteiger partial charge in [0.05, 0.1) is 12.6 Å². The Bertz CT molecular complexity index is 841. The zero-order valence-corrected chi connectivity index (χ0v) is 13.2. The van der Waals surface area contributed by atoms with Gasteiger partial charge in [-0.05, 0) is 31.0 Å². The summed E-state index contributed by atoms with van der Waals surface area (Å²) in [7, 11) is 0. The lowest BCUT2D eigenvalue weighted by Gasteiger charge is -2.24. The number of likely N-dealkylation sites (tertiary alicyclic amines) is 1. The molecule has 23 heavy (non-hydrogen) atoms. The summed E-state index contributed by atoms with van der Waals surface area (Å²) in [5.41, 5.74) is 1.12. The van der Waals surface area contributed by atoms with Crippen molar-refractivity contribution in [2.45, 2.75) is 25.4 Å². The highest BCUT2D eigenvalue weighted by Crippen LogP contribution is 2.25. The number of hydrogen-bond acceptors (Lipinski definition) is 3. The van der Waals surface area contributed by atoms with Gasteiger partial charge in [0.1, 0.15) is 5.65 Å². The Balaban J connectivity index is 1.65. The average Bonchev–Trinajstić information content (AvgIpc) is 3.26. The van der Waals surface area contributed by atoms with Crippen LogP contribution in [0.3, 0.4) is 0 Å². The third kappa shape index (κ3) is 2.49. The fourth-order valence-corrected chi connectivity index (χ4v) is 3.47. The third-order valence-electron chi connectivity index (χ3n) is 4.28. The zero-order chi connectivity index (χ0) is 15.8. The van der Waals surface area contributed by atoms with Gasteiger partial charge in [-0.25, -0.2) is 4.98 Å². The molecule has 0 unspecified atom stereocenters. The van der Waals surface area contributed by atoms with Gasteiger partial charge in [0.25, 0.3) is 5.91 Å². The minimum Gasteiger partial charge on any atom is -0.332 e. The smallest absolute Gasteiger partial charge is 0.274 e. The number of pyridine rings is 1. The van der Waals surface area contributed by atoms with Crippen LogP contribution < -0.4 is 0 Å². The molecule has 1 aliphatic rings. The first-order chi connectivity index (χ1) is 11.2. The Morgan fingerprint density at radius 1 is 1.30 bits per heavy atom. The highest BCUT2D eigenvalue weighted by atomic mass is 35.5. The zero-order valence-electron chi connectivity index (χ0n) is 12.5. The van der Waals surface area contributed by atoms with Crippen molar-refractivity contribution >= 4 is 23.2 Å². The van der Waals surface area contributed by atoms with Gasteiger partial charge < -0.3 is 4.90 Å². The molecule has 0 bridgehead atoms. The molecular formula is C16H16ClN5O. The van der Waals surface area contributed by atoms with Crippen molar-refractivity contribution < 1.29 is 4.79 Å². The van der Waals surface area contributed by atoms with Gasteiger partial charge in [0, 0.05) is 25.1 Å². The van der Waals surface area contributed by atoms with Crippen molar-refractivity contribution in [3.8, 4) is 0 Å². The van der Waals surface area contributed by atoms with Crippen LogP contribution in [0.5, 0.6) is 0 Å². The van der Waals surface area contributed by atoms with E-state index in [1.54, 1.807) is 10.6 Å². The van der Waals surface area contributed by atoms with Crippen LogP contribution in [0.4, 0.5) is 0 Å². The summed E-state index contributed by atoms with van der Waals surface area (Å²) in [6, 6.07) is 7.61. The van der Waals surface area contributed by atoms with E-state index in [9.17, 15) is 4.79 Å². The summed E-state index contributed by atoms with van der Waals surface area (Å²) in [6.45, 7) is 1.44. The van der Waals surface area contributed by atoms with Gasteiger partial charge in [0.15, 0.2) is 10.8 Å². The molecule has 3 aromatic rings. The molecule has 0 spiro atoms. The summed E-state index contributed by atoms with van der Waals surface area (Å²) in [4.78, 5) is 19.2. The second-order valence-electron chi connectivity index (χ2n) is 5.70. The maximum Gasteiger partial charge on any atom is 0.274 e. The summed E-state index contributed by atoms with van der Waals surface area (Å²) in [5, 5.41) is 4.49. The Hall–Kier alpha value is -2.34. The lowest BCUT2D eigenvalue weighted by atomic mass is 10.2. The van der Waals surface area contributed by atoms with E-state index in [4.69, 9.17) is 11.6 Å². The molecule has 1 aliphatic heterocycles. The van der Waals surface area contributed by atoms with Crippen molar-refractivity contribution in [1.29, 1.82) is 0 Å². The number of amides is 1. The summed E-state index contributed by atoms with van der Waals surface area (Å²) >= 11 is 6.23. The number of nitrogens with zero attached hydrogens (tertiary/aromatic N) is 5. The molecule has 1 fully saturated rings. The van der Waals surface area contributed by atoms with E-state index in [-0.39, 0.29) is 17.1 Å². The molecule has 4 rings (SSSR count). The molecule has 7 heteroatoms. The van der Waals surface area contributed by atoms with Crippen molar-refractivity contribution in [3.63, 3.8) is 0 Å². The predicted molar refractivity (Wildman–Crippen MR) is 86.5 cm³/mol. The number of fused-ring (bicyclic) bond motifs is 1. The third-order valence-corrected chi connectivity index (χ3v) is 4.55. The Morgan fingerprint density at radius 2 is 2.22 bits per heavy atom. The van der Waals surface area contributed by atoms with Crippen LogP contribution in [0.15, 0.2) is 42.9 Å². The van der Waals surface area contributed by atoms with Crippen LogP contribution in [-0.2, 0) is 6.54 Å². The number of carbonyl (C=O) groups excluding carboxylic acids is 1. The van der Waals surface area contributed by atoms with E-state index < -0.39 is 0 Å². The van der Waals surface area contributed by atoms with Crippen molar-refractivity contribution in [2.24, 2.45) is 0 Å². The molecule has 3 aromatic heterocycles. The molecule has 1 amide bonds. The number of hydrogen-bond donors (Lipinski definition) is 0. The quantitative estimate of drug-likeness (QED) is 0.742. The van der Waals surface area contributed by atoms with Crippen molar-refractivity contribution in [1.82, 2.24) is 24.1 Å². The van der Waals surface area contributed by atoms with E-state index in [0.29, 0.717) is 17.9 Å².